The Labute approximate surface area is 65.1 Å². The predicted molar refractivity (Wildman–Crippen MR) is 42.4 cm³/mol. The molecule has 0 aliphatic carbocycles. The Bertz CT molecular complexity index is 311. The van der Waals surface area contributed by atoms with Gasteiger partial charge in [-0.15, -0.1) is 0 Å². The second-order valence-electron chi connectivity index (χ2n) is 2.21. The summed E-state index contributed by atoms with van der Waals surface area (Å²) in [6.07, 6.45) is 3.66. The Morgan fingerprint density at radius 2 is 2.36 bits per heavy atom. The van der Waals surface area contributed by atoms with Crippen molar-refractivity contribution >= 4 is 0 Å². The fraction of sp³-hybridized carbons (Fsp3) is 0. The first-order valence-electron chi connectivity index (χ1n) is 3.43. The van der Waals surface area contributed by atoms with Crippen LogP contribution in [0.3, 0.4) is 0 Å². The molecule has 0 N–H and O–H groups in total. The number of benzene rings is 1. The van der Waals surface area contributed by atoms with Crippen molar-refractivity contribution in [2.24, 2.45) is 0 Å². The minimum Gasteiger partial charge on any atom is -0.241 e. The van der Waals surface area contributed by atoms with Crippen LogP contribution in [0, 0.1) is 6.07 Å². The highest BCUT2D eigenvalue weighted by molar-refractivity contribution is 5.28. The van der Waals surface area contributed by atoms with Crippen molar-refractivity contribution in [3.63, 3.8) is 0 Å². The van der Waals surface area contributed by atoms with Gasteiger partial charge >= 0.3 is 0 Å². The molecule has 0 saturated heterocycles. The van der Waals surface area contributed by atoms with Gasteiger partial charge in [0.2, 0.25) is 0 Å². The SMILES string of the molecule is [c]1cccc(-n2cccn2)c1. The minimum absolute atomic E-state index is 1.04. The first kappa shape index (κ1) is 6.16. The van der Waals surface area contributed by atoms with Crippen LogP contribution in [0.15, 0.2) is 42.7 Å². The Morgan fingerprint density at radius 1 is 1.36 bits per heavy atom. The summed E-state index contributed by atoms with van der Waals surface area (Å²) in [4.78, 5) is 0. The molecule has 2 aromatic rings. The normalized spacial score (nSPS) is 9.82. The number of hydrogen-bond acceptors (Lipinski definition) is 1. The number of hydrogen-bond donors (Lipinski definition) is 0. The van der Waals surface area contributed by atoms with E-state index in [-0.39, 0.29) is 0 Å². The third kappa shape index (κ3) is 1.15. The summed E-state index contributed by atoms with van der Waals surface area (Å²) in [5.41, 5.74) is 1.04. The lowest BCUT2D eigenvalue weighted by molar-refractivity contribution is 0.880. The molecule has 0 aliphatic rings. The molecular weight excluding hydrogens is 136 g/mol. The quantitative estimate of drug-likeness (QED) is 0.593. The highest BCUT2D eigenvalue weighted by atomic mass is 15.3. The third-order valence-corrected chi connectivity index (χ3v) is 1.46. The van der Waals surface area contributed by atoms with Crippen LogP contribution in [0.25, 0.3) is 5.69 Å². The van der Waals surface area contributed by atoms with Gasteiger partial charge in [0.15, 0.2) is 0 Å². The molecule has 0 aliphatic heterocycles. The molecule has 1 radical (unpaired) electrons. The molecule has 0 unspecified atom stereocenters. The Balaban J connectivity index is 2.46. The Hall–Kier alpha value is -1.57. The van der Waals surface area contributed by atoms with E-state index in [2.05, 4.69) is 11.2 Å². The molecule has 2 nitrogen and oxygen atoms in total. The van der Waals surface area contributed by atoms with Gasteiger partial charge in [-0.05, 0) is 24.3 Å². The maximum atomic E-state index is 4.08. The van der Waals surface area contributed by atoms with Crippen molar-refractivity contribution in [3.8, 4) is 5.69 Å². The van der Waals surface area contributed by atoms with E-state index in [0.717, 1.165) is 5.69 Å². The van der Waals surface area contributed by atoms with Crippen molar-refractivity contribution in [3.05, 3.63) is 48.8 Å². The Morgan fingerprint density at radius 3 is 3.00 bits per heavy atom. The summed E-state index contributed by atoms with van der Waals surface area (Å²) in [6, 6.07) is 12.6. The van der Waals surface area contributed by atoms with Crippen LogP contribution in [0.4, 0.5) is 0 Å². The average Bonchev–Trinajstić information content (AvgIpc) is 2.58. The van der Waals surface area contributed by atoms with Gasteiger partial charge in [0.1, 0.15) is 0 Å². The molecular formula is C9H7N2. The van der Waals surface area contributed by atoms with Gasteiger partial charge in [0.05, 0.1) is 5.69 Å². The second kappa shape index (κ2) is 2.58. The first-order chi connectivity index (χ1) is 5.47. The lowest BCUT2D eigenvalue weighted by atomic mass is 10.3. The van der Waals surface area contributed by atoms with Crippen molar-refractivity contribution in [1.82, 2.24) is 9.78 Å². The molecule has 0 amide bonds. The zero-order valence-electron chi connectivity index (χ0n) is 5.94. The number of rotatable bonds is 1. The smallest absolute Gasteiger partial charge is 0.0651 e. The fourth-order valence-electron chi connectivity index (χ4n) is 0.948. The summed E-state index contributed by atoms with van der Waals surface area (Å²) in [5.74, 6) is 0. The van der Waals surface area contributed by atoms with Gasteiger partial charge in [-0.1, -0.05) is 12.1 Å². The summed E-state index contributed by atoms with van der Waals surface area (Å²) >= 11 is 0. The molecule has 0 spiro atoms. The highest BCUT2D eigenvalue weighted by Crippen LogP contribution is 2.02. The van der Waals surface area contributed by atoms with Crippen LogP contribution in [-0.2, 0) is 0 Å². The van der Waals surface area contributed by atoms with Gasteiger partial charge < -0.3 is 0 Å². The zero-order chi connectivity index (χ0) is 7.52. The lowest BCUT2D eigenvalue weighted by Gasteiger charge is -1.97. The molecule has 2 heteroatoms. The molecule has 1 heterocycles. The molecule has 0 fully saturated rings. The lowest BCUT2D eigenvalue weighted by Crippen LogP contribution is -1.92. The third-order valence-electron chi connectivity index (χ3n) is 1.46. The minimum atomic E-state index is 1.04. The second-order valence-corrected chi connectivity index (χ2v) is 2.21. The standard InChI is InChI=1S/C9H7N2/c1-2-5-9(6-3-1)11-8-4-7-10-11/h1-2,4-8H. The number of aromatic nitrogens is 2. The van der Waals surface area contributed by atoms with Crippen LogP contribution in [0.2, 0.25) is 0 Å². The van der Waals surface area contributed by atoms with Gasteiger partial charge in [-0.25, -0.2) is 4.68 Å². The summed E-state index contributed by atoms with van der Waals surface area (Å²) in [7, 11) is 0. The monoisotopic (exact) mass is 143 g/mol. The van der Waals surface area contributed by atoms with E-state index in [9.17, 15) is 0 Å². The van der Waals surface area contributed by atoms with E-state index < -0.39 is 0 Å². The van der Waals surface area contributed by atoms with Gasteiger partial charge in [-0.2, -0.15) is 5.10 Å². The van der Waals surface area contributed by atoms with Crippen LogP contribution in [0.1, 0.15) is 0 Å². The zero-order valence-corrected chi connectivity index (χ0v) is 5.94. The van der Waals surface area contributed by atoms with E-state index in [1.165, 1.54) is 0 Å². The maximum absolute atomic E-state index is 4.08. The van der Waals surface area contributed by atoms with Crippen molar-refractivity contribution in [2.45, 2.75) is 0 Å². The summed E-state index contributed by atoms with van der Waals surface area (Å²) in [6.45, 7) is 0. The predicted octanol–water partition coefficient (Wildman–Crippen LogP) is 1.67. The van der Waals surface area contributed by atoms with Gasteiger partial charge in [0, 0.05) is 12.4 Å². The topological polar surface area (TPSA) is 17.8 Å². The van der Waals surface area contributed by atoms with Crippen molar-refractivity contribution in [1.29, 1.82) is 0 Å². The molecule has 0 bridgehead atoms. The van der Waals surface area contributed by atoms with Gasteiger partial charge in [-0.3, -0.25) is 0 Å². The van der Waals surface area contributed by atoms with E-state index in [4.69, 9.17) is 0 Å². The molecule has 2 rings (SSSR count). The van der Waals surface area contributed by atoms with Crippen molar-refractivity contribution < 1.29 is 0 Å². The first-order valence-corrected chi connectivity index (χ1v) is 3.43. The van der Waals surface area contributed by atoms with Crippen LogP contribution >= 0.6 is 0 Å². The molecule has 1 aromatic carbocycles. The number of nitrogens with zero attached hydrogens (tertiary/aromatic N) is 2. The van der Waals surface area contributed by atoms with Crippen LogP contribution < -0.4 is 0 Å². The molecule has 53 valence electrons. The van der Waals surface area contributed by atoms with Crippen molar-refractivity contribution in [2.75, 3.05) is 0 Å². The summed E-state index contributed by atoms with van der Waals surface area (Å²) in [5, 5.41) is 4.08. The molecule has 0 saturated carbocycles. The van der Waals surface area contributed by atoms with Crippen LogP contribution in [0.5, 0.6) is 0 Å². The largest absolute Gasteiger partial charge is 0.241 e. The molecule has 1 aromatic heterocycles. The maximum Gasteiger partial charge on any atom is 0.0651 e. The molecule has 0 atom stereocenters. The van der Waals surface area contributed by atoms with E-state index >= 15 is 0 Å². The van der Waals surface area contributed by atoms with E-state index in [1.807, 2.05) is 36.5 Å². The fourth-order valence-corrected chi connectivity index (χ4v) is 0.948. The highest BCUT2D eigenvalue weighted by Gasteiger charge is 1.90. The van der Waals surface area contributed by atoms with E-state index in [0.29, 0.717) is 0 Å². The Kier molecular flexibility index (Phi) is 1.44. The van der Waals surface area contributed by atoms with E-state index in [1.54, 1.807) is 10.9 Å². The van der Waals surface area contributed by atoms with Gasteiger partial charge in [0.25, 0.3) is 0 Å². The molecule has 11 heavy (non-hydrogen) atoms. The average molecular weight is 143 g/mol. The summed E-state index contributed by atoms with van der Waals surface area (Å²) < 4.78 is 1.80. The van der Waals surface area contributed by atoms with Crippen LogP contribution in [-0.4, -0.2) is 9.78 Å².